The first-order valence-corrected chi connectivity index (χ1v) is 10.3. The number of ether oxygens (including phenoxy) is 1. The highest BCUT2D eigenvalue weighted by molar-refractivity contribution is 6.30. The average Bonchev–Trinajstić information content (AvgIpc) is 3.19. The molecule has 0 bridgehead atoms. The number of methoxy groups -OCH3 is 1. The molecule has 9 heteroatoms. The monoisotopic (exact) mass is 454 g/mol. The molecule has 158 valence electrons. The predicted molar refractivity (Wildman–Crippen MR) is 121 cm³/mol. The fourth-order valence-electron chi connectivity index (χ4n) is 3.11. The molecule has 2 heterocycles. The molecule has 0 spiro atoms. The third-order valence-corrected chi connectivity index (χ3v) is 5.02. The van der Waals surface area contributed by atoms with Gasteiger partial charge in [0, 0.05) is 29.4 Å². The Morgan fingerprint density at radius 2 is 1.77 bits per heavy atom. The molecule has 0 saturated carbocycles. The molecule has 0 aliphatic carbocycles. The maximum absolute atomic E-state index is 6.12. The van der Waals surface area contributed by atoms with E-state index in [1.54, 1.807) is 13.4 Å². The second-order valence-corrected chi connectivity index (χ2v) is 7.68. The van der Waals surface area contributed by atoms with E-state index >= 15 is 0 Å². The van der Waals surface area contributed by atoms with Crippen molar-refractivity contribution in [1.82, 2.24) is 24.5 Å². The fourth-order valence-corrected chi connectivity index (χ4v) is 3.44. The number of benzene rings is 2. The molecule has 0 unspecified atom stereocenters. The minimum absolute atomic E-state index is 0.166. The van der Waals surface area contributed by atoms with Gasteiger partial charge in [0.25, 0.3) is 0 Å². The van der Waals surface area contributed by atoms with Crippen LogP contribution in [0, 0.1) is 6.92 Å². The van der Waals surface area contributed by atoms with E-state index in [0.29, 0.717) is 29.6 Å². The van der Waals surface area contributed by atoms with Crippen LogP contribution in [0.1, 0.15) is 22.9 Å². The van der Waals surface area contributed by atoms with E-state index in [1.165, 1.54) is 0 Å². The number of halogens is 2. The van der Waals surface area contributed by atoms with Gasteiger partial charge in [-0.3, -0.25) is 0 Å². The van der Waals surface area contributed by atoms with Gasteiger partial charge in [0.2, 0.25) is 5.28 Å². The summed E-state index contributed by atoms with van der Waals surface area (Å²) in [6.45, 7) is 2.34. The van der Waals surface area contributed by atoms with Gasteiger partial charge in [-0.2, -0.15) is 0 Å². The molecule has 0 atom stereocenters. The molecule has 4 aromatic rings. The Kier molecular flexibility index (Phi) is 6.34. The van der Waals surface area contributed by atoms with E-state index in [4.69, 9.17) is 27.9 Å². The first-order valence-electron chi connectivity index (χ1n) is 9.57. The summed E-state index contributed by atoms with van der Waals surface area (Å²) >= 11 is 12.1. The highest BCUT2D eigenvalue weighted by atomic mass is 35.5. The van der Waals surface area contributed by atoms with Crippen molar-refractivity contribution in [2.24, 2.45) is 0 Å². The van der Waals surface area contributed by atoms with Crippen LogP contribution in [0.5, 0.6) is 5.75 Å². The average molecular weight is 455 g/mol. The van der Waals surface area contributed by atoms with Gasteiger partial charge in [0.1, 0.15) is 11.6 Å². The maximum atomic E-state index is 6.12. The van der Waals surface area contributed by atoms with E-state index < -0.39 is 0 Å². The second-order valence-electron chi connectivity index (χ2n) is 6.90. The summed E-state index contributed by atoms with van der Waals surface area (Å²) in [6, 6.07) is 13.4. The topological polar surface area (TPSA) is 77.8 Å². The molecular formula is C22H20Cl2N6O. The van der Waals surface area contributed by atoms with Crippen molar-refractivity contribution in [2.45, 2.75) is 19.9 Å². The van der Waals surface area contributed by atoms with Crippen LogP contribution in [0.4, 0.5) is 5.69 Å². The lowest BCUT2D eigenvalue weighted by Crippen LogP contribution is -2.09. The minimum atomic E-state index is 0.166. The van der Waals surface area contributed by atoms with Crippen molar-refractivity contribution in [3.05, 3.63) is 88.2 Å². The molecule has 1 N–H and O–H groups in total. The zero-order valence-electron chi connectivity index (χ0n) is 17.0. The third kappa shape index (κ3) is 5.31. The molecule has 0 aliphatic heterocycles. The summed E-state index contributed by atoms with van der Waals surface area (Å²) in [6.07, 6.45) is 4.24. The smallest absolute Gasteiger partial charge is 0.225 e. The van der Waals surface area contributed by atoms with Crippen molar-refractivity contribution in [3.8, 4) is 11.4 Å². The Bertz CT molecular complexity index is 1190. The van der Waals surface area contributed by atoms with E-state index in [0.717, 1.165) is 28.4 Å². The van der Waals surface area contributed by atoms with Crippen molar-refractivity contribution in [1.29, 1.82) is 0 Å². The van der Waals surface area contributed by atoms with Crippen LogP contribution in [0.15, 0.2) is 55.0 Å². The van der Waals surface area contributed by atoms with Crippen LogP contribution < -0.4 is 10.1 Å². The van der Waals surface area contributed by atoms with Gasteiger partial charge in [0.05, 0.1) is 31.4 Å². The van der Waals surface area contributed by atoms with Crippen LogP contribution in [0.25, 0.3) is 5.69 Å². The number of rotatable bonds is 7. The Morgan fingerprint density at radius 3 is 2.48 bits per heavy atom. The number of aromatic nitrogens is 5. The number of nitrogens with one attached hydrogen (secondary N) is 1. The van der Waals surface area contributed by atoms with E-state index in [2.05, 4.69) is 25.3 Å². The van der Waals surface area contributed by atoms with Crippen LogP contribution in [-0.4, -0.2) is 31.6 Å². The van der Waals surface area contributed by atoms with E-state index in [9.17, 15) is 0 Å². The van der Waals surface area contributed by atoms with Crippen LogP contribution >= 0.6 is 23.2 Å². The van der Waals surface area contributed by atoms with Gasteiger partial charge in [-0.05, 0) is 48.4 Å². The second kappa shape index (κ2) is 9.32. The number of nitrogens with zero attached hydrogens (tertiary/aromatic N) is 5. The zero-order valence-corrected chi connectivity index (χ0v) is 18.5. The molecule has 4 rings (SSSR count). The molecule has 0 saturated heterocycles. The van der Waals surface area contributed by atoms with Crippen molar-refractivity contribution in [2.75, 3.05) is 12.4 Å². The number of imidazole rings is 1. The molecule has 2 aromatic carbocycles. The first kappa shape index (κ1) is 21.1. The highest BCUT2D eigenvalue weighted by Crippen LogP contribution is 2.27. The molecule has 0 radical (unpaired) electrons. The Hall–Kier alpha value is -3.16. The molecule has 0 amide bonds. The Balaban J connectivity index is 1.48. The molecular weight excluding hydrogens is 435 g/mol. The third-order valence-electron chi connectivity index (χ3n) is 4.60. The van der Waals surface area contributed by atoms with Crippen LogP contribution in [0.3, 0.4) is 0 Å². The SMILES string of the molecule is COc1cc(NCc2nc(Cl)nc(Cc3ccc(Cl)cc3)n2)ccc1-n1cnc(C)c1. The van der Waals surface area contributed by atoms with Crippen molar-refractivity contribution in [3.63, 3.8) is 0 Å². The van der Waals surface area contributed by atoms with E-state index in [-0.39, 0.29) is 5.28 Å². The van der Waals surface area contributed by atoms with Crippen molar-refractivity contribution < 1.29 is 4.74 Å². The summed E-state index contributed by atoms with van der Waals surface area (Å²) in [5.41, 5.74) is 3.75. The predicted octanol–water partition coefficient (Wildman–Crippen LogP) is 4.88. The van der Waals surface area contributed by atoms with Gasteiger partial charge < -0.3 is 14.6 Å². The standard InChI is InChI=1S/C22H20Cl2N6O/c1-14-12-30(13-26-14)18-8-7-17(10-19(18)31-2)25-11-21-27-20(28-22(24)29-21)9-15-3-5-16(23)6-4-15/h3-8,10,12-13,25H,9,11H2,1-2H3. The van der Waals surface area contributed by atoms with Crippen LogP contribution in [0.2, 0.25) is 10.3 Å². The van der Waals surface area contributed by atoms with Gasteiger partial charge in [-0.25, -0.2) is 19.9 Å². The van der Waals surface area contributed by atoms with Gasteiger partial charge >= 0.3 is 0 Å². The molecule has 0 fully saturated rings. The highest BCUT2D eigenvalue weighted by Gasteiger charge is 2.10. The lowest BCUT2D eigenvalue weighted by Gasteiger charge is -2.12. The largest absolute Gasteiger partial charge is 0.494 e. The van der Waals surface area contributed by atoms with Crippen LogP contribution in [-0.2, 0) is 13.0 Å². The summed E-state index contributed by atoms with van der Waals surface area (Å²) < 4.78 is 7.48. The van der Waals surface area contributed by atoms with Gasteiger partial charge in [0.15, 0.2) is 5.82 Å². The zero-order chi connectivity index (χ0) is 21.8. The molecule has 0 aliphatic rings. The fraction of sp³-hybridized carbons (Fsp3) is 0.182. The van der Waals surface area contributed by atoms with Gasteiger partial charge in [-0.1, -0.05) is 23.7 Å². The first-order chi connectivity index (χ1) is 15.0. The number of anilines is 1. The normalized spacial score (nSPS) is 10.8. The lowest BCUT2D eigenvalue weighted by atomic mass is 10.1. The summed E-state index contributed by atoms with van der Waals surface area (Å²) in [7, 11) is 1.64. The number of aryl methyl sites for hydroxylation is 1. The number of hydrogen-bond donors (Lipinski definition) is 1. The molecule has 2 aromatic heterocycles. The molecule has 7 nitrogen and oxygen atoms in total. The Labute approximate surface area is 190 Å². The lowest BCUT2D eigenvalue weighted by molar-refractivity contribution is 0.413. The van der Waals surface area contributed by atoms with E-state index in [1.807, 2.05) is 60.2 Å². The number of hydrogen-bond acceptors (Lipinski definition) is 6. The maximum Gasteiger partial charge on any atom is 0.225 e. The minimum Gasteiger partial charge on any atom is -0.494 e. The molecule has 31 heavy (non-hydrogen) atoms. The summed E-state index contributed by atoms with van der Waals surface area (Å²) in [5.74, 6) is 1.87. The summed E-state index contributed by atoms with van der Waals surface area (Å²) in [4.78, 5) is 17.3. The van der Waals surface area contributed by atoms with Gasteiger partial charge in [-0.15, -0.1) is 0 Å². The Morgan fingerprint density at radius 1 is 1.00 bits per heavy atom. The quantitative estimate of drug-likeness (QED) is 0.428. The van der Waals surface area contributed by atoms with Crippen molar-refractivity contribution >= 4 is 28.9 Å². The summed E-state index contributed by atoms with van der Waals surface area (Å²) in [5, 5.41) is 4.16.